The van der Waals surface area contributed by atoms with Crippen LogP contribution in [-0.4, -0.2) is 6.54 Å². The van der Waals surface area contributed by atoms with E-state index in [1.165, 1.54) is 6.07 Å². The molecule has 0 spiro atoms. The maximum Gasteiger partial charge on any atom is 0.127 e. The van der Waals surface area contributed by atoms with Crippen molar-refractivity contribution in [2.45, 2.75) is 6.42 Å². The zero-order chi connectivity index (χ0) is 13.1. The van der Waals surface area contributed by atoms with Gasteiger partial charge in [0.25, 0.3) is 0 Å². The van der Waals surface area contributed by atoms with Crippen LogP contribution in [0.15, 0.2) is 36.4 Å². The van der Waals surface area contributed by atoms with Crippen molar-refractivity contribution < 1.29 is 4.39 Å². The molecule has 0 aliphatic rings. The summed E-state index contributed by atoms with van der Waals surface area (Å²) < 4.78 is 13.8. The summed E-state index contributed by atoms with van der Waals surface area (Å²) in [6, 6.07) is 10.2. The number of benzene rings is 2. The average Bonchev–Trinajstić information content (AvgIpc) is 2.32. The normalized spacial score (nSPS) is 10.7. The van der Waals surface area contributed by atoms with Crippen LogP contribution in [0.25, 0.3) is 11.1 Å². The first-order valence-corrected chi connectivity index (χ1v) is 6.32. The minimum Gasteiger partial charge on any atom is -0.330 e. The summed E-state index contributed by atoms with van der Waals surface area (Å²) in [5.74, 6) is -0.283. The first-order chi connectivity index (χ1) is 8.63. The van der Waals surface area contributed by atoms with Crippen molar-refractivity contribution in [1.82, 2.24) is 0 Å². The van der Waals surface area contributed by atoms with Crippen LogP contribution in [0.4, 0.5) is 4.39 Å². The van der Waals surface area contributed by atoms with Crippen molar-refractivity contribution in [3.8, 4) is 11.1 Å². The summed E-state index contributed by atoms with van der Waals surface area (Å²) in [5, 5.41) is 1.02. The lowest BCUT2D eigenvalue weighted by Crippen LogP contribution is -2.04. The number of hydrogen-bond acceptors (Lipinski definition) is 1. The molecule has 0 aromatic heterocycles. The van der Waals surface area contributed by atoms with E-state index in [2.05, 4.69) is 0 Å². The lowest BCUT2D eigenvalue weighted by molar-refractivity contribution is 0.610. The smallest absolute Gasteiger partial charge is 0.127 e. The van der Waals surface area contributed by atoms with E-state index in [0.29, 0.717) is 39.7 Å². The van der Waals surface area contributed by atoms with E-state index in [9.17, 15) is 4.39 Å². The van der Waals surface area contributed by atoms with Gasteiger partial charge < -0.3 is 5.73 Å². The van der Waals surface area contributed by atoms with Gasteiger partial charge in [-0.25, -0.2) is 4.39 Å². The Hall–Kier alpha value is -1.09. The largest absolute Gasteiger partial charge is 0.330 e. The van der Waals surface area contributed by atoms with Gasteiger partial charge in [-0.15, -0.1) is 0 Å². The molecule has 1 nitrogen and oxygen atoms in total. The van der Waals surface area contributed by atoms with Gasteiger partial charge >= 0.3 is 0 Å². The first-order valence-electron chi connectivity index (χ1n) is 5.56. The first kappa shape index (κ1) is 13.3. The van der Waals surface area contributed by atoms with Crippen LogP contribution in [-0.2, 0) is 6.42 Å². The Kier molecular flexibility index (Phi) is 4.23. The maximum atomic E-state index is 13.8. The van der Waals surface area contributed by atoms with Crippen LogP contribution in [0.2, 0.25) is 10.0 Å². The molecule has 0 radical (unpaired) electrons. The zero-order valence-corrected chi connectivity index (χ0v) is 11.1. The van der Waals surface area contributed by atoms with Crippen molar-refractivity contribution in [2.24, 2.45) is 5.73 Å². The molecule has 2 aromatic rings. The second kappa shape index (κ2) is 5.70. The highest BCUT2D eigenvalue weighted by Crippen LogP contribution is 2.35. The molecule has 0 bridgehead atoms. The maximum absolute atomic E-state index is 13.8. The highest BCUT2D eigenvalue weighted by atomic mass is 35.5. The predicted molar refractivity (Wildman–Crippen MR) is 74.6 cm³/mol. The van der Waals surface area contributed by atoms with Crippen molar-refractivity contribution >= 4 is 23.2 Å². The van der Waals surface area contributed by atoms with Crippen LogP contribution >= 0.6 is 23.2 Å². The van der Waals surface area contributed by atoms with Gasteiger partial charge in [0.1, 0.15) is 5.82 Å². The molecule has 0 unspecified atom stereocenters. The van der Waals surface area contributed by atoms with Gasteiger partial charge in [0.05, 0.1) is 0 Å². The van der Waals surface area contributed by atoms with Crippen molar-refractivity contribution in [3.63, 3.8) is 0 Å². The summed E-state index contributed by atoms with van der Waals surface area (Å²) >= 11 is 12.2. The van der Waals surface area contributed by atoms with Crippen molar-refractivity contribution in [1.29, 1.82) is 0 Å². The second-order valence-corrected chi connectivity index (χ2v) is 4.76. The van der Waals surface area contributed by atoms with E-state index in [1.54, 1.807) is 30.3 Å². The minimum atomic E-state index is -0.283. The molecule has 18 heavy (non-hydrogen) atoms. The van der Waals surface area contributed by atoms with Gasteiger partial charge in [0.15, 0.2) is 0 Å². The molecule has 2 N–H and O–H groups in total. The van der Waals surface area contributed by atoms with E-state index in [1.807, 2.05) is 0 Å². The third-order valence-electron chi connectivity index (χ3n) is 2.72. The number of nitrogens with two attached hydrogens (primary N) is 1. The third kappa shape index (κ3) is 2.66. The highest BCUT2D eigenvalue weighted by Gasteiger charge is 2.10. The molecule has 4 heteroatoms. The Labute approximate surface area is 115 Å². The van der Waals surface area contributed by atoms with Gasteiger partial charge in [-0.3, -0.25) is 0 Å². The molecule has 0 saturated carbocycles. The molecule has 0 atom stereocenters. The Balaban J connectivity index is 2.49. The van der Waals surface area contributed by atoms with E-state index < -0.39 is 0 Å². The van der Waals surface area contributed by atoms with E-state index >= 15 is 0 Å². The molecule has 0 fully saturated rings. The molecule has 0 heterocycles. The molecule has 0 amide bonds. The van der Waals surface area contributed by atoms with Crippen LogP contribution in [0.1, 0.15) is 5.56 Å². The molecule has 2 rings (SSSR count). The van der Waals surface area contributed by atoms with E-state index in [-0.39, 0.29) is 5.82 Å². The van der Waals surface area contributed by atoms with E-state index in [4.69, 9.17) is 28.9 Å². The Morgan fingerprint density at radius 2 is 1.72 bits per heavy atom. The highest BCUT2D eigenvalue weighted by molar-refractivity contribution is 6.39. The lowest BCUT2D eigenvalue weighted by Gasteiger charge is -2.09. The minimum absolute atomic E-state index is 0.283. The fourth-order valence-corrected chi connectivity index (χ4v) is 2.45. The number of hydrogen-bond donors (Lipinski definition) is 1. The van der Waals surface area contributed by atoms with Gasteiger partial charge in [0.2, 0.25) is 0 Å². The molecule has 94 valence electrons. The molecule has 0 saturated heterocycles. The fraction of sp³-hybridized carbons (Fsp3) is 0.143. The monoisotopic (exact) mass is 283 g/mol. The fourth-order valence-electron chi connectivity index (χ4n) is 1.83. The quantitative estimate of drug-likeness (QED) is 0.893. The second-order valence-electron chi connectivity index (χ2n) is 3.94. The third-order valence-corrected chi connectivity index (χ3v) is 3.35. The summed E-state index contributed by atoms with van der Waals surface area (Å²) in [6.45, 7) is 0.420. The molecule has 0 aliphatic carbocycles. The van der Waals surface area contributed by atoms with Crippen LogP contribution in [0.3, 0.4) is 0 Å². The molecular formula is C14H12Cl2FN. The van der Waals surface area contributed by atoms with Crippen LogP contribution < -0.4 is 5.73 Å². The lowest BCUT2D eigenvalue weighted by atomic mass is 10.0. The molecule has 0 aliphatic heterocycles. The predicted octanol–water partition coefficient (Wildman–Crippen LogP) is 4.30. The van der Waals surface area contributed by atoms with Gasteiger partial charge in [-0.05, 0) is 42.3 Å². The number of rotatable bonds is 3. The topological polar surface area (TPSA) is 26.0 Å². The van der Waals surface area contributed by atoms with E-state index in [0.717, 1.165) is 0 Å². The Morgan fingerprint density at radius 3 is 2.28 bits per heavy atom. The summed E-state index contributed by atoms with van der Waals surface area (Å²) in [7, 11) is 0. The van der Waals surface area contributed by atoms with Gasteiger partial charge in [-0.1, -0.05) is 41.4 Å². The Bertz CT molecular complexity index is 549. The SMILES string of the molecule is NCCc1ccc(-c2c(Cl)cccc2Cl)cc1F. The average molecular weight is 284 g/mol. The summed E-state index contributed by atoms with van der Waals surface area (Å²) in [4.78, 5) is 0. The summed E-state index contributed by atoms with van der Waals surface area (Å²) in [6.07, 6.45) is 0.516. The zero-order valence-electron chi connectivity index (χ0n) is 9.59. The van der Waals surface area contributed by atoms with Crippen molar-refractivity contribution in [3.05, 3.63) is 57.8 Å². The van der Waals surface area contributed by atoms with Gasteiger partial charge in [-0.2, -0.15) is 0 Å². The van der Waals surface area contributed by atoms with Crippen LogP contribution in [0.5, 0.6) is 0 Å². The van der Waals surface area contributed by atoms with Gasteiger partial charge in [0, 0.05) is 15.6 Å². The molecule has 2 aromatic carbocycles. The molecular weight excluding hydrogens is 272 g/mol. The van der Waals surface area contributed by atoms with Crippen molar-refractivity contribution in [2.75, 3.05) is 6.54 Å². The Morgan fingerprint density at radius 1 is 1.06 bits per heavy atom. The summed E-state index contributed by atoms with van der Waals surface area (Å²) in [5.41, 5.74) is 7.34. The van der Waals surface area contributed by atoms with Crippen LogP contribution in [0, 0.1) is 5.82 Å². The number of halogens is 3. The standard InChI is InChI=1S/C14H12Cl2FN/c15-11-2-1-3-12(16)14(11)10-5-4-9(6-7-18)13(17)8-10/h1-5,8H,6-7,18H2.